The smallest absolute Gasteiger partial charge is 0.194 e. The molecule has 1 aromatic heterocycles. The average molecular weight is 250 g/mol. The Hall–Kier alpha value is -1.88. The van der Waals surface area contributed by atoms with Crippen molar-refractivity contribution in [3.8, 4) is 17.1 Å². The minimum absolute atomic E-state index is 0.298. The largest absolute Gasteiger partial charge is 0.496 e. The quantitative estimate of drug-likeness (QED) is 0.885. The van der Waals surface area contributed by atoms with Crippen LogP contribution in [0.15, 0.2) is 28.8 Å². The first-order valence-corrected chi connectivity index (χ1v) is 5.74. The summed E-state index contributed by atoms with van der Waals surface area (Å²) in [5.41, 5.74) is 5.71. The number of ether oxygens (including phenoxy) is 1. The Kier molecular flexibility index (Phi) is 3.94. The van der Waals surface area contributed by atoms with Gasteiger partial charge in [-0.2, -0.15) is 0 Å². The molecule has 1 heterocycles. The van der Waals surface area contributed by atoms with Crippen LogP contribution in [-0.2, 0) is 6.42 Å². The molecule has 0 aliphatic carbocycles. The third-order valence-electron chi connectivity index (χ3n) is 2.59. The van der Waals surface area contributed by atoms with E-state index in [1.807, 2.05) is 0 Å². The lowest BCUT2D eigenvalue weighted by atomic mass is 10.1. The number of aromatic nitrogens is 1. The van der Waals surface area contributed by atoms with Gasteiger partial charge in [0, 0.05) is 6.42 Å². The number of methoxy groups -OCH3 is 1. The van der Waals surface area contributed by atoms with Gasteiger partial charge < -0.3 is 14.9 Å². The summed E-state index contributed by atoms with van der Waals surface area (Å²) in [6.45, 7) is 0.570. The summed E-state index contributed by atoms with van der Waals surface area (Å²) in [7, 11) is 1.49. The Morgan fingerprint density at radius 3 is 3.00 bits per heavy atom. The maximum absolute atomic E-state index is 13.8. The van der Waals surface area contributed by atoms with Gasteiger partial charge in [-0.25, -0.2) is 9.37 Å². The summed E-state index contributed by atoms with van der Waals surface area (Å²) in [6, 6.07) is 4.63. The second-order valence-electron chi connectivity index (χ2n) is 3.83. The molecule has 4 nitrogen and oxygen atoms in total. The van der Waals surface area contributed by atoms with Crippen molar-refractivity contribution in [2.75, 3.05) is 13.7 Å². The van der Waals surface area contributed by atoms with Gasteiger partial charge in [-0.05, 0) is 25.1 Å². The summed E-state index contributed by atoms with van der Waals surface area (Å²) in [4.78, 5) is 4.10. The van der Waals surface area contributed by atoms with E-state index in [1.54, 1.807) is 12.1 Å². The van der Waals surface area contributed by atoms with Gasteiger partial charge in [0.15, 0.2) is 11.7 Å². The zero-order valence-electron chi connectivity index (χ0n) is 10.1. The highest BCUT2D eigenvalue weighted by Crippen LogP contribution is 2.32. The lowest BCUT2D eigenvalue weighted by molar-refractivity contribution is 0.410. The number of hydrogen-bond acceptors (Lipinski definition) is 4. The van der Waals surface area contributed by atoms with Gasteiger partial charge in [-0.1, -0.05) is 6.07 Å². The van der Waals surface area contributed by atoms with Crippen LogP contribution in [0.4, 0.5) is 4.39 Å². The third kappa shape index (κ3) is 2.51. The number of nitrogens with zero attached hydrogens (tertiary/aromatic N) is 1. The average Bonchev–Trinajstić information content (AvgIpc) is 2.84. The lowest BCUT2D eigenvalue weighted by Gasteiger charge is -2.06. The first kappa shape index (κ1) is 12.6. The zero-order valence-corrected chi connectivity index (χ0v) is 10.1. The van der Waals surface area contributed by atoms with Crippen LogP contribution >= 0.6 is 0 Å². The summed E-state index contributed by atoms with van der Waals surface area (Å²) >= 11 is 0. The van der Waals surface area contributed by atoms with Crippen molar-refractivity contribution >= 4 is 0 Å². The van der Waals surface area contributed by atoms with Crippen LogP contribution in [0, 0.1) is 5.82 Å². The van der Waals surface area contributed by atoms with Crippen molar-refractivity contribution in [2.45, 2.75) is 12.8 Å². The summed E-state index contributed by atoms with van der Waals surface area (Å²) in [5.74, 6) is 0.963. The number of nitrogens with two attached hydrogens (primary N) is 1. The number of aryl methyl sites for hydroxylation is 1. The molecule has 5 heteroatoms. The van der Waals surface area contributed by atoms with E-state index in [2.05, 4.69) is 4.98 Å². The number of benzene rings is 1. The van der Waals surface area contributed by atoms with Crippen LogP contribution in [0.3, 0.4) is 0 Å². The van der Waals surface area contributed by atoms with Crippen LogP contribution < -0.4 is 10.5 Å². The van der Waals surface area contributed by atoms with Crippen LogP contribution in [0.1, 0.15) is 12.3 Å². The first-order valence-electron chi connectivity index (χ1n) is 5.74. The molecule has 1 aromatic carbocycles. The molecule has 18 heavy (non-hydrogen) atoms. The fourth-order valence-electron chi connectivity index (χ4n) is 1.71. The van der Waals surface area contributed by atoms with E-state index in [1.165, 1.54) is 19.4 Å². The van der Waals surface area contributed by atoms with E-state index < -0.39 is 5.82 Å². The number of hydrogen-bond donors (Lipinski definition) is 1. The van der Waals surface area contributed by atoms with Gasteiger partial charge in [0.2, 0.25) is 0 Å². The molecule has 96 valence electrons. The van der Waals surface area contributed by atoms with Gasteiger partial charge in [0.05, 0.1) is 18.9 Å². The normalized spacial score (nSPS) is 10.6. The molecule has 0 aliphatic rings. The standard InChI is InChI=1S/C13H15FN2O2/c1-17-10-5-2-4-9(14)13(10)11-8-16-12(18-11)6-3-7-15/h2,4-5,8H,3,6-7,15H2,1H3. The van der Waals surface area contributed by atoms with Crippen LogP contribution in [0.25, 0.3) is 11.3 Å². The molecule has 0 unspecified atom stereocenters. The van der Waals surface area contributed by atoms with Gasteiger partial charge >= 0.3 is 0 Å². The van der Waals surface area contributed by atoms with E-state index in [-0.39, 0.29) is 0 Å². The van der Waals surface area contributed by atoms with Crippen molar-refractivity contribution in [2.24, 2.45) is 5.73 Å². The molecule has 0 atom stereocenters. The number of oxazole rings is 1. The monoisotopic (exact) mass is 250 g/mol. The van der Waals surface area contributed by atoms with E-state index in [0.29, 0.717) is 35.9 Å². The van der Waals surface area contributed by atoms with Crippen molar-refractivity contribution in [3.63, 3.8) is 0 Å². The van der Waals surface area contributed by atoms with E-state index in [0.717, 1.165) is 6.42 Å². The van der Waals surface area contributed by atoms with Crippen LogP contribution in [0.2, 0.25) is 0 Å². The predicted molar refractivity (Wildman–Crippen MR) is 65.8 cm³/mol. The molecule has 0 spiro atoms. The topological polar surface area (TPSA) is 61.3 Å². The van der Waals surface area contributed by atoms with Crippen molar-refractivity contribution in [1.29, 1.82) is 0 Å². The highest BCUT2D eigenvalue weighted by atomic mass is 19.1. The Balaban J connectivity index is 2.33. The summed E-state index contributed by atoms with van der Waals surface area (Å²) in [6.07, 6.45) is 2.94. The third-order valence-corrected chi connectivity index (χ3v) is 2.59. The van der Waals surface area contributed by atoms with E-state index in [9.17, 15) is 4.39 Å². The number of rotatable bonds is 5. The second-order valence-corrected chi connectivity index (χ2v) is 3.83. The fraction of sp³-hybridized carbons (Fsp3) is 0.308. The van der Waals surface area contributed by atoms with Crippen molar-refractivity contribution < 1.29 is 13.5 Å². The van der Waals surface area contributed by atoms with Crippen molar-refractivity contribution in [1.82, 2.24) is 4.98 Å². The Morgan fingerprint density at radius 2 is 2.28 bits per heavy atom. The zero-order chi connectivity index (χ0) is 13.0. The predicted octanol–water partition coefficient (Wildman–Crippen LogP) is 2.38. The van der Waals surface area contributed by atoms with Crippen molar-refractivity contribution in [3.05, 3.63) is 36.1 Å². The fourth-order valence-corrected chi connectivity index (χ4v) is 1.71. The highest BCUT2D eigenvalue weighted by Gasteiger charge is 2.15. The Bertz CT molecular complexity index is 525. The van der Waals surface area contributed by atoms with Gasteiger partial charge in [-0.15, -0.1) is 0 Å². The maximum atomic E-state index is 13.8. The molecule has 0 bridgehead atoms. The Labute approximate surface area is 105 Å². The summed E-state index contributed by atoms with van der Waals surface area (Å²) < 4.78 is 24.4. The second kappa shape index (κ2) is 5.64. The minimum atomic E-state index is -0.393. The molecule has 2 aromatic rings. The molecular weight excluding hydrogens is 235 g/mol. The van der Waals surface area contributed by atoms with E-state index in [4.69, 9.17) is 14.9 Å². The molecule has 0 saturated carbocycles. The van der Waals surface area contributed by atoms with Gasteiger partial charge in [0.25, 0.3) is 0 Å². The molecule has 0 saturated heterocycles. The maximum Gasteiger partial charge on any atom is 0.194 e. The molecule has 0 amide bonds. The van der Waals surface area contributed by atoms with Crippen LogP contribution in [0.5, 0.6) is 5.75 Å². The molecule has 0 fully saturated rings. The van der Waals surface area contributed by atoms with Gasteiger partial charge in [-0.3, -0.25) is 0 Å². The molecule has 0 radical (unpaired) electrons. The molecule has 0 aliphatic heterocycles. The van der Waals surface area contributed by atoms with Gasteiger partial charge in [0.1, 0.15) is 11.6 Å². The SMILES string of the molecule is COc1cccc(F)c1-c1cnc(CCCN)o1. The highest BCUT2D eigenvalue weighted by molar-refractivity contribution is 5.65. The van der Waals surface area contributed by atoms with E-state index >= 15 is 0 Å². The molecular formula is C13H15FN2O2. The minimum Gasteiger partial charge on any atom is -0.496 e. The molecule has 2 N–H and O–H groups in total. The molecule has 2 rings (SSSR count). The lowest BCUT2D eigenvalue weighted by Crippen LogP contribution is -2.00. The number of halogens is 1. The Morgan fingerprint density at radius 1 is 1.44 bits per heavy atom. The van der Waals surface area contributed by atoms with Crippen LogP contribution in [-0.4, -0.2) is 18.6 Å². The summed E-state index contributed by atoms with van der Waals surface area (Å²) in [5, 5.41) is 0. The first-order chi connectivity index (χ1) is 8.76.